The van der Waals surface area contributed by atoms with Crippen molar-refractivity contribution in [2.75, 3.05) is 28.4 Å². The average molecular weight is 631 g/mol. The van der Waals surface area contributed by atoms with E-state index in [1.54, 1.807) is 0 Å². The first-order valence-corrected chi connectivity index (χ1v) is 14.2. The van der Waals surface area contributed by atoms with Gasteiger partial charge in [-0.1, -0.05) is 5.75 Å². The number of carbonyl (C=O) groups excluding carboxylic acids is 1. The van der Waals surface area contributed by atoms with E-state index in [9.17, 15) is 37.6 Å². The number of aromatic hydroxyl groups is 1. The zero-order valence-corrected chi connectivity index (χ0v) is 27.4. The summed E-state index contributed by atoms with van der Waals surface area (Å²) in [7, 11) is -0.296. The minimum absolute atomic E-state index is 0. The fraction of sp³-hybridized carbons (Fsp3) is 0.233. The van der Waals surface area contributed by atoms with Crippen molar-refractivity contribution in [1.82, 2.24) is 0 Å². The minimum atomic E-state index is -5.14. The van der Waals surface area contributed by atoms with Crippen molar-refractivity contribution < 1.29 is 76.5 Å². The molecule has 0 saturated heterocycles. The van der Waals surface area contributed by atoms with Crippen molar-refractivity contribution in [2.24, 2.45) is 0 Å². The quantitative estimate of drug-likeness (QED) is 0.111. The first-order valence-electron chi connectivity index (χ1n) is 12.7. The number of hydrogen-bond acceptors (Lipinski definition) is 11. The second kappa shape index (κ2) is 10.3. The smallest absolute Gasteiger partial charge is 0.872 e. The van der Waals surface area contributed by atoms with E-state index in [0.717, 1.165) is 33.3 Å². The molecule has 0 heterocycles. The topological polar surface area (TPSA) is 186 Å². The first kappa shape index (κ1) is 31.5. The summed E-state index contributed by atoms with van der Waals surface area (Å²) in [4.78, 5) is 41.0. The maximum absolute atomic E-state index is 14.0. The summed E-state index contributed by atoms with van der Waals surface area (Å²) < 4.78 is 59.3. The molecule has 1 unspecified atom stereocenters. The molecule has 0 spiro atoms. The molecule has 2 N–H and O–H groups in total. The number of methoxy groups -OCH3 is 4. The maximum Gasteiger partial charge on any atom is 1.00 e. The number of allylic oxidation sites excluding steroid dienone is 1. The van der Waals surface area contributed by atoms with Crippen LogP contribution in [0.1, 0.15) is 30.2 Å². The fourth-order valence-corrected chi connectivity index (χ4v) is 7.86. The van der Waals surface area contributed by atoms with Crippen LogP contribution in [-0.2, 0) is 14.9 Å². The standard InChI is InChI=1S/C30H24O12S.Na/c1-9-15(10(2)31)24-22-20-16(26(34)28(24)41-5)11(32)7-13(39-3)18(20)19-14(40-4)8-12(33)17-21(19)23(22)25(29(42-6)27(17)35)30(9)43(36,37)38;/h7-8,30,32,35H,1-6H3,(H,36,37,38);/q;+1/p-1. The van der Waals surface area contributed by atoms with Crippen LogP contribution in [0, 0.1) is 0 Å². The van der Waals surface area contributed by atoms with Crippen LogP contribution < -0.4 is 64.5 Å². The van der Waals surface area contributed by atoms with Gasteiger partial charge in [0, 0.05) is 60.5 Å². The average Bonchev–Trinajstić information content (AvgIpc) is 3.05. The molecule has 12 nitrogen and oxygen atoms in total. The van der Waals surface area contributed by atoms with Crippen LogP contribution in [0.3, 0.4) is 0 Å². The number of fused-ring (bicyclic) bond motifs is 1. The molecule has 0 aliphatic heterocycles. The summed E-state index contributed by atoms with van der Waals surface area (Å²) in [6.07, 6.45) is 0. The zero-order chi connectivity index (χ0) is 31.4. The third kappa shape index (κ3) is 3.76. The Morgan fingerprint density at radius 3 is 1.86 bits per heavy atom. The maximum atomic E-state index is 14.0. The SMILES string of the molecule is COc1c(O)c2c(=O)cc(OC)c3c4c(OC)cc([O-])c5c(=O)c(OC)c6c(c(c1C(S(=O)(=O)O)C(C)=C6C(C)=O)c23)c54.[Na+]. The molecule has 0 fully saturated rings. The minimum Gasteiger partial charge on any atom is -0.872 e. The zero-order valence-electron chi connectivity index (χ0n) is 24.6. The number of phenolic OH excluding ortho intramolecular Hbond substituents is 1. The van der Waals surface area contributed by atoms with E-state index in [0.29, 0.717) is 0 Å². The Morgan fingerprint density at radius 2 is 1.36 bits per heavy atom. The second-order valence-electron chi connectivity index (χ2n) is 10.2. The Labute approximate surface area is 271 Å². The van der Waals surface area contributed by atoms with Gasteiger partial charge in [0.25, 0.3) is 10.1 Å². The van der Waals surface area contributed by atoms with E-state index >= 15 is 0 Å². The van der Waals surface area contributed by atoms with Crippen molar-refractivity contribution in [3.8, 4) is 34.5 Å². The van der Waals surface area contributed by atoms with Crippen LogP contribution in [0.2, 0.25) is 0 Å². The van der Waals surface area contributed by atoms with Crippen molar-refractivity contribution in [3.63, 3.8) is 0 Å². The van der Waals surface area contributed by atoms with Gasteiger partial charge in [-0.05, 0) is 25.5 Å². The van der Waals surface area contributed by atoms with Crippen molar-refractivity contribution in [1.29, 1.82) is 0 Å². The summed E-state index contributed by atoms with van der Waals surface area (Å²) in [6, 6.07) is 2.18. The number of hydrogen-bond donors (Lipinski definition) is 2. The van der Waals surface area contributed by atoms with Gasteiger partial charge in [-0.15, -0.1) is 0 Å². The van der Waals surface area contributed by atoms with E-state index in [2.05, 4.69) is 0 Å². The molecule has 5 aromatic rings. The molecule has 0 radical (unpaired) electrons. The largest absolute Gasteiger partial charge is 1.00 e. The van der Waals surface area contributed by atoms with Crippen LogP contribution in [0.4, 0.5) is 0 Å². The summed E-state index contributed by atoms with van der Waals surface area (Å²) in [5, 5.41) is 22.5. The Morgan fingerprint density at radius 1 is 0.818 bits per heavy atom. The number of carbonyl (C=O) groups is 1. The van der Waals surface area contributed by atoms with Crippen LogP contribution in [0.25, 0.3) is 48.7 Å². The van der Waals surface area contributed by atoms with E-state index in [-0.39, 0.29) is 106 Å². The van der Waals surface area contributed by atoms with Gasteiger partial charge in [-0.25, -0.2) is 0 Å². The normalized spacial score (nSPS) is 14.8. The second-order valence-corrected chi connectivity index (χ2v) is 11.7. The number of ketones is 1. The monoisotopic (exact) mass is 630 g/mol. The number of rotatable bonds is 6. The van der Waals surface area contributed by atoms with E-state index < -0.39 is 55.0 Å². The predicted octanol–water partition coefficient (Wildman–Crippen LogP) is 0.0180. The van der Waals surface area contributed by atoms with Gasteiger partial charge >= 0.3 is 29.6 Å². The van der Waals surface area contributed by atoms with Gasteiger partial charge in [0.15, 0.2) is 28.5 Å². The Bertz CT molecular complexity index is 2360. The molecule has 0 bridgehead atoms. The van der Waals surface area contributed by atoms with E-state index in [1.165, 1.54) is 21.1 Å². The third-order valence-corrected chi connectivity index (χ3v) is 9.37. The number of benzene rings is 5. The Balaban J connectivity index is 0.00000384. The van der Waals surface area contributed by atoms with Crippen LogP contribution in [-0.4, -0.2) is 52.3 Å². The molecule has 0 aromatic heterocycles. The van der Waals surface area contributed by atoms with E-state index in [4.69, 9.17) is 18.9 Å². The van der Waals surface area contributed by atoms with Crippen molar-refractivity contribution in [2.45, 2.75) is 19.1 Å². The van der Waals surface area contributed by atoms with Crippen LogP contribution in [0.5, 0.6) is 34.5 Å². The fourth-order valence-electron chi connectivity index (χ4n) is 6.77. The summed E-state index contributed by atoms with van der Waals surface area (Å²) >= 11 is 0. The van der Waals surface area contributed by atoms with Gasteiger partial charge < -0.3 is 29.2 Å². The van der Waals surface area contributed by atoms with Gasteiger partial charge in [0.1, 0.15) is 16.7 Å². The molecule has 5 aromatic carbocycles. The number of ether oxygens (including phenoxy) is 4. The molecule has 1 aliphatic carbocycles. The number of Topliss-reactive ketones (excluding diaryl/α,β-unsaturated/α-hetero) is 1. The molecule has 6 rings (SSSR count). The summed E-state index contributed by atoms with van der Waals surface area (Å²) in [5.41, 5.74) is -2.58. The van der Waals surface area contributed by atoms with Crippen LogP contribution >= 0.6 is 0 Å². The molecular weight excluding hydrogens is 607 g/mol. The van der Waals surface area contributed by atoms with Crippen molar-refractivity contribution in [3.05, 3.63) is 49.3 Å². The van der Waals surface area contributed by atoms with Gasteiger partial charge in [0.05, 0.1) is 33.8 Å². The molecule has 0 amide bonds. The van der Waals surface area contributed by atoms with Gasteiger partial charge in [-0.3, -0.25) is 18.9 Å². The van der Waals surface area contributed by atoms with Gasteiger partial charge in [-0.2, -0.15) is 8.42 Å². The summed E-state index contributed by atoms with van der Waals surface area (Å²) in [6.45, 7) is 2.42. The third-order valence-electron chi connectivity index (χ3n) is 8.18. The van der Waals surface area contributed by atoms with Crippen molar-refractivity contribution >= 4 is 64.6 Å². The molecule has 44 heavy (non-hydrogen) atoms. The summed E-state index contributed by atoms with van der Waals surface area (Å²) in [5.74, 6) is -3.15. The predicted molar refractivity (Wildman–Crippen MR) is 156 cm³/mol. The van der Waals surface area contributed by atoms with E-state index in [1.807, 2.05) is 0 Å². The molecule has 0 saturated carbocycles. The first-order chi connectivity index (χ1) is 20.3. The van der Waals surface area contributed by atoms with Gasteiger partial charge in [0.2, 0.25) is 5.43 Å². The molecule has 1 atom stereocenters. The molecule has 14 heteroatoms. The molecule has 222 valence electrons. The van der Waals surface area contributed by atoms with Crippen LogP contribution in [0.15, 0.2) is 27.3 Å². The molecular formula is C30H23NaO12S. The number of phenols is 1. The Hall–Kier alpha value is -3.88. The molecule has 1 aliphatic rings. The Kier molecular flexibility index (Phi) is 7.42.